The summed E-state index contributed by atoms with van der Waals surface area (Å²) in [7, 11) is 4.36. The fraction of sp³-hybridized carbons (Fsp3) is 0.152. The highest BCUT2D eigenvalue weighted by Gasteiger charge is 2.20. The van der Waals surface area contributed by atoms with Gasteiger partial charge in [-0.2, -0.15) is 5.10 Å². The number of benzene rings is 4. The van der Waals surface area contributed by atoms with Crippen molar-refractivity contribution in [2.45, 2.75) is 6.92 Å². The highest BCUT2D eigenvalue weighted by molar-refractivity contribution is 9.10. The smallest absolute Gasteiger partial charge is 0.343 e. The molecule has 12 heteroatoms. The van der Waals surface area contributed by atoms with Crippen LogP contribution in [0.1, 0.15) is 43.6 Å². The summed E-state index contributed by atoms with van der Waals surface area (Å²) < 4.78 is 28.1. The standard InChI is InChI=1S/C33H30BrN3O8/c1-5-44-27-16-20(10-15-26(27)45-33(40)22-17-28(41-2)30(43-4)29(18-22)42-3)19-35-37-32(39)24-8-6-7-9-25(24)36-31(38)21-11-13-23(34)14-12-21/h6-19H,5H2,1-4H3,(H,36,38)(H,37,39)/b35-19-. The number of hydrazone groups is 1. The van der Waals surface area contributed by atoms with Crippen molar-refractivity contribution in [3.8, 4) is 28.7 Å². The van der Waals surface area contributed by atoms with Crippen molar-refractivity contribution in [2.24, 2.45) is 5.10 Å². The van der Waals surface area contributed by atoms with Crippen molar-refractivity contribution < 1.29 is 38.1 Å². The molecule has 0 saturated carbocycles. The van der Waals surface area contributed by atoms with Gasteiger partial charge in [-0.15, -0.1) is 0 Å². The molecule has 11 nitrogen and oxygen atoms in total. The summed E-state index contributed by atoms with van der Waals surface area (Å²) >= 11 is 3.34. The van der Waals surface area contributed by atoms with Gasteiger partial charge in [0.05, 0.1) is 51.0 Å². The van der Waals surface area contributed by atoms with Crippen LogP contribution in [0.25, 0.3) is 0 Å². The monoisotopic (exact) mass is 675 g/mol. The minimum atomic E-state index is -0.672. The van der Waals surface area contributed by atoms with Gasteiger partial charge in [0.2, 0.25) is 5.75 Å². The number of para-hydroxylation sites is 1. The molecule has 4 rings (SSSR count). The van der Waals surface area contributed by atoms with E-state index in [0.717, 1.165) is 4.47 Å². The summed E-state index contributed by atoms with van der Waals surface area (Å²) in [6, 6.07) is 21.2. The molecule has 0 unspecified atom stereocenters. The molecule has 232 valence electrons. The van der Waals surface area contributed by atoms with Gasteiger partial charge < -0.3 is 29.0 Å². The van der Waals surface area contributed by atoms with E-state index in [9.17, 15) is 14.4 Å². The average molecular weight is 677 g/mol. The summed E-state index contributed by atoms with van der Waals surface area (Å²) in [6.07, 6.45) is 1.41. The van der Waals surface area contributed by atoms with E-state index >= 15 is 0 Å². The maximum Gasteiger partial charge on any atom is 0.343 e. The summed E-state index contributed by atoms with van der Waals surface area (Å²) in [4.78, 5) is 38.7. The van der Waals surface area contributed by atoms with Crippen LogP contribution in [0.4, 0.5) is 5.69 Å². The molecular weight excluding hydrogens is 646 g/mol. The van der Waals surface area contributed by atoms with Crippen LogP contribution in [-0.4, -0.2) is 51.9 Å². The number of methoxy groups -OCH3 is 3. The Kier molecular flexibility index (Phi) is 11.1. The van der Waals surface area contributed by atoms with Crippen LogP contribution < -0.4 is 34.4 Å². The number of nitrogens with one attached hydrogen (secondary N) is 2. The first-order valence-corrected chi connectivity index (χ1v) is 14.4. The van der Waals surface area contributed by atoms with Crippen molar-refractivity contribution >= 4 is 45.6 Å². The third-order valence-corrected chi connectivity index (χ3v) is 6.81. The van der Waals surface area contributed by atoms with Crippen LogP contribution in [0.5, 0.6) is 28.7 Å². The molecule has 4 aromatic rings. The van der Waals surface area contributed by atoms with Gasteiger partial charge in [-0.25, -0.2) is 10.2 Å². The highest BCUT2D eigenvalue weighted by Crippen LogP contribution is 2.39. The zero-order valence-electron chi connectivity index (χ0n) is 24.9. The number of nitrogens with zero attached hydrogens (tertiary/aromatic N) is 1. The van der Waals surface area contributed by atoms with Crippen molar-refractivity contribution in [1.82, 2.24) is 5.43 Å². The Morgan fingerprint density at radius 3 is 2.11 bits per heavy atom. The fourth-order valence-electron chi connectivity index (χ4n) is 4.13. The summed E-state index contributed by atoms with van der Waals surface area (Å²) in [5.74, 6) is -0.151. The van der Waals surface area contributed by atoms with Crippen molar-refractivity contribution in [3.05, 3.63) is 106 Å². The number of esters is 1. The molecule has 2 N–H and O–H groups in total. The number of halogens is 1. The number of anilines is 1. The second kappa shape index (κ2) is 15.4. The van der Waals surface area contributed by atoms with E-state index in [-0.39, 0.29) is 28.5 Å². The molecule has 4 aromatic carbocycles. The van der Waals surface area contributed by atoms with E-state index in [1.807, 2.05) is 0 Å². The minimum Gasteiger partial charge on any atom is -0.493 e. The molecule has 0 fully saturated rings. The van der Waals surface area contributed by atoms with E-state index < -0.39 is 11.9 Å². The normalized spacial score (nSPS) is 10.6. The van der Waals surface area contributed by atoms with Crippen molar-refractivity contribution in [1.29, 1.82) is 0 Å². The number of amides is 2. The molecule has 2 amide bonds. The molecular formula is C33H30BrN3O8. The number of rotatable bonds is 12. The van der Waals surface area contributed by atoms with Crippen LogP contribution in [0.2, 0.25) is 0 Å². The van der Waals surface area contributed by atoms with Gasteiger partial charge >= 0.3 is 5.97 Å². The van der Waals surface area contributed by atoms with Gasteiger partial charge in [-0.3, -0.25) is 9.59 Å². The van der Waals surface area contributed by atoms with Crippen LogP contribution >= 0.6 is 15.9 Å². The molecule has 0 aliphatic rings. The molecule has 0 radical (unpaired) electrons. The number of hydrogen-bond donors (Lipinski definition) is 2. The molecule has 0 spiro atoms. The summed E-state index contributed by atoms with van der Waals surface area (Å²) in [5, 5.41) is 6.82. The molecule has 0 aliphatic heterocycles. The minimum absolute atomic E-state index is 0.173. The van der Waals surface area contributed by atoms with Crippen LogP contribution in [-0.2, 0) is 0 Å². The Hall–Kier alpha value is -5.36. The third kappa shape index (κ3) is 8.18. The first-order valence-electron chi connectivity index (χ1n) is 13.6. The number of carbonyl (C=O) groups is 3. The van der Waals surface area contributed by atoms with Crippen molar-refractivity contribution in [3.63, 3.8) is 0 Å². The Labute approximate surface area is 268 Å². The van der Waals surface area contributed by atoms with E-state index in [1.54, 1.807) is 73.7 Å². The predicted octanol–water partition coefficient (Wildman–Crippen LogP) is 6.11. The number of ether oxygens (including phenoxy) is 5. The second-order valence-corrected chi connectivity index (χ2v) is 10.1. The maximum absolute atomic E-state index is 13.0. The lowest BCUT2D eigenvalue weighted by Crippen LogP contribution is -2.21. The van der Waals surface area contributed by atoms with Gasteiger partial charge in [0.15, 0.2) is 23.0 Å². The lowest BCUT2D eigenvalue weighted by Gasteiger charge is -2.15. The summed E-state index contributed by atoms with van der Waals surface area (Å²) in [6.45, 7) is 2.09. The van der Waals surface area contributed by atoms with Crippen LogP contribution in [0, 0.1) is 0 Å². The van der Waals surface area contributed by atoms with Gasteiger partial charge in [-0.05, 0) is 79.2 Å². The molecule has 45 heavy (non-hydrogen) atoms. The molecule has 0 aromatic heterocycles. The molecule has 0 heterocycles. The predicted molar refractivity (Wildman–Crippen MR) is 172 cm³/mol. The zero-order chi connectivity index (χ0) is 32.3. The van der Waals surface area contributed by atoms with E-state index in [2.05, 4.69) is 31.8 Å². The average Bonchev–Trinajstić information content (AvgIpc) is 3.05. The lowest BCUT2D eigenvalue weighted by atomic mass is 10.1. The Morgan fingerprint density at radius 2 is 1.47 bits per heavy atom. The van der Waals surface area contributed by atoms with Gasteiger partial charge in [0.25, 0.3) is 11.8 Å². The molecule has 0 aliphatic carbocycles. The van der Waals surface area contributed by atoms with Crippen molar-refractivity contribution in [2.75, 3.05) is 33.3 Å². The highest BCUT2D eigenvalue weighted by atomic mass is 79.9. The van der Waals surface area contributed by atoms with Gasteiger partial charge in [-0.1, -0.05) is 28.1 Å². The van der Waals surface area contributed by atoms with Crippen LogP contribution in [0.3, 0.4) is 0 Å². The Balaban J connectivity index is 1.46. The first-order chi connectivity index (χ1) is 21.8. The Morgan fingerprint density at radius 1 is 0.778 bits per heavy atom. The molecule has 0 saturated heterocycles. The van der Waals surface area contributed by atoms with E-state index in [4.69, 9.17) is 23.7 Å². The third-order valence-electron chi connectivity index (χ3n) is 6.28. The quantitative estimate of drug-likeness (QED) is 0.0795. The largest absolute Gasteiger partial charge is 0.493 e. The topological polar surface area (TPSA) is 134 Å². The maximum atomic E-state index is 13.0. The zero-order valence-corrected chi connectivity index (χ0v) is 26.5. The number of hydrogen-bond acceptors (Lipinski definition) is 9. The summed E-state index contributed by atoms with van der Waals surface area (Å²) in [5.41, 5.74) is 4.20. The number of carbonyl (C=O) groups excluding carboxylic acids is 3. The van der Waals surface area contributed by atoms with Crippen LogP contribution in [0.15, 0.2) is 88.4 Å². The fourth-order valence-corrected chi connectivity index (χ4v) is 4.39. The first kappa shape index (κ1) is 32.6. The second-order valence-electron chi connectivity index (χ2n) is 9.15. The Bertz CT molecular complexity index is 1700. The lowest BCUT2D eigenvalue weighted by molar-refractivity contribution is 0.0727. The van der Waals surface area contributed by atoms with E-state index in [0.29, 0.717) is 40.7 Å². The van der Waals surface area contributed by atoms with E-state index in [1.165, 1.54) is 39.7 Å². The van der Waals surface area contributed by atoms with Gasteiger partial charge in [0.1, 0.15) is 0 Å². The SMILES string of the molecule is CCOc1cc(/C=N\NC(=O)c2ccccc2NC(=O)c2ccc(Br)cc2)ccc1OC(=O)c1cc(OC)c(OC)c(OC)c1. The van der Waals surface area contributed by atoms with Gasteiger partial charge in [0, 0.05) is 10.0 Å². The molecule has 0 bridgehead atoms. The molecule has 0 atom stereocenters.